The minimum Gasteiger partial charge on any atom is -0.481 e. The van der Waals surface area contributed by atoms with E-state index >= 15 is 0 Å². The Labute approximate surface area is 120 Å². The largest absolute Gasteiger partial charge is 0.481 e. The summed E-state index contributed by atoms with van der Waals surface area (Å²) in [6.07, 6.45) is 5.44. The first-order valence-electron chi connectivity index (χ1n) is 7.73. The SMILES string of the molecule is CCCCC[C@H](C)NC(=O)[C@@H]1[C@H](C(=O)O)[C@H]2CC[C@H]1O2. The topological polar surface area (TPSA) is 75.6 Å². The number of hydrogen-bond donors (Lipinski definition) is 2. The predicted molar refractivity (Wildman–Crippen MR) is 74.3 cm³/mol. The Hall–Kier alpha value is -1.10. The first kappa shape index (κ1) is 15.3. The molecule has 2 N–H and O–H groups in total. The second kappa shape index (κ2) is 6.57. The molecule has 0 aromatic heterocycles. The molecular formula is C15H25NO4. The Bertz CT molecular complexity index is 371. The van der Waals surface area contributed by atoms with E-state index in [-0.39, 0.29) is 24.2 Å². The van der Waals surface area contributed by atoms with Crippen LogP contribution in [0.4, 0.5) is 0 Å². The van der Waals surface area contributed by atoms with Gasteiger partial charge in [-0.25, -0.2) is 0 Å². The molecule has 0 spiro atoms. The quantitative estimate of drug-likeness (QED) is 0.700. The standard InChI is InChI=1S/C15H25NO4/c1-3-4-5-6-9(2)16-14(17)12-10-7-8-11(20-10)13(12)15(18)19/h9-13H,3-8H2,1-2H3,(H,16,17)(H,18,19)/t9-,10+,11+,12-,13+/m0/s1. The summed E-state index contributed by atoms with van der Waals surface area (Å²) in [7, 11) is 0. The van der Waals surface area contributed by atoms with E-state index in [1.807, 2.05) is 6.92 Å². The van der Waals surface area contributed by atoms with Crippen LogP contribution in [0.25, 0.3) is 0 Å². The van der Waals surface area contributed by atoms with Crippen molar-refractivity contribution in [3.63, 3.8) is 0 Å². The van der Waals surface area contributed by atoms with Gasteiger partial charge in [-0.2, -0.15) is 0 Å². The van der Waals surface area contributed by atoms with Gasteiger partial charge >= 0.3 is 5.97 Å². The van der Waals surface area contributed by atoms with Gasteiger partial charge in [0, 0.05) is 6.04 Å². The molecule has 2 aliphatic heterocycles. The molecule has 2 rings (SSSR count). The smallest absolute Gasteiger partial charge is 0.310 e. The van der Waals surface area contributed by atoms with Gasteiger partial charge in [0.25, 0.3) is 0 Å². The maximum absolute atomic E-state index is 12.3. The summed E-state index contributed by atoms with van der Waals surface area (Å²) >= 11 is 0. The molecule has 2 fully saturated rings. The Morgan fingerprint density at radius 1 is 1.25 bits per heavy atom. The van der Waals surface area contributed by atoms with Crippen LogP contribution in [0.2, 0.25) is 0 Å². The fraction of sp³-hybridized carbons (Fsp3) is 0.867. The van der Waals surface area contributed by atoms with E-state index in [0.717, 1.165) is 38.5 Å². The Kier molecular flexibility index (Phi) is 5.02. The first-order valence-corrected chi connectivity index (χ1v) is 7.73. The predicted octanol–water partition coefficient (Wildman–Crippen LogP) is 1.95. The third kappa shape index (κ3) is 3.14. The minimum atomic E-state index is -0.906. The van der Waals surface area contributed by atoms with Crippen LogP contribution in [0.3, 0.4) is 0 Å². The fourth-order valence-electron chi connectivity index (χ4n) is 3.44. The van der Waals surface area contributed by atoms with Crippen molar-refractivity contribution < 1.29 is 19.4 Å². The summed E-state index contributed by atoms with van der Waals surface area (Å²) in [5.41, 5.74) is 0. The van der Waals surface area contributed by atoms with Gasteiger partial charge in [0.15, 0.2) is 0 Å². The summed E-state index contributed by atoms with van der Waals surface area (Å²) in [6, 6.07) is 0.0996. The van der Waals surface area contributed by atoms with Gasteiger partial charge in [-0.15, -0.1) is 0 Å². The molecule has 5 heteroatoms. The normalized spacial score (nSPS) is 33.1. The van der Waals surface area contributed by atoms with Crippen LogP contribution in [0, 0.1) is 11.8 Å². The number of fused-ring (bicyclic) bond motifs is 2. The molecule has 0 aliphatic carbocycles. The van der Waals surface area contributed by atoms with E-state index in [4.69, 9.17) is 4.74 Å². The lowest BCUT2D eigenvalue weighted by molar-refractivity contribution is -0.148. The monoisotopic (exact) mass is 283 g/mol. The lowest BCUT2D eigenvalue weighted by Gasteiger charge is -2.25. The Morgan fingerprint density at radius 2 is 1.90 bits per heavy atom. The highest BCUT2D eigenvalue weighted by Crippen LogP contribution is 2.43. The maximum Gasteiger partial charge on any atom is 0.310 e. The van der Waals surface area contributed by atoms with Crippen molar-refractivity contribution in [2.75, 3.05) is 0 Å². The number of carbonyl (C=O) groups excluding carboxylic acids is 1. The molecule has 5 atom stereocenters. The van der Waals surface area contributed by atoms with Gasteiger partial charge < -0.3 is 15.2 Å². The van der Waals surface area contributed by atoms with Gasteiger partial charge in [-0.05, 0) is 26.2 Å². The van der Waals surface area contributed by atoms with E-state index in [1.54, 1.807) is 0 Å². The van der Waals surface area contributed by atoms with Crippen LogP contribution in [0.15, 0.2) is 0 Å². The molecule has 2 heterocycles. The summed E-state index contributed by atoms with van der Waals surface area (Å²) in [5, 5.41) is 12.3. The third-order valence-corrected chi connectivity index (χ3v) is 4.49. The van der Waals surface area contributed by atoms with Crippen LogP contribution in [-0.2, 0) is 14.3 Å². The van der Waals surface area contributed by atoms with Gasteiger partial charge in [-0.1, -0.05) is 26.2 Å². The molecule has 0 aromatic carbocycles. The van der Waals surface area contributed by atoms with E-state index in [0.29, 0.717) is 0 Å². The zero-order valence-corrected chi connectivity index (χ0v) is 12.3. The van der Waals surface area contributed by atoms with Crippen molar-refractivity contribution >= 4 is 11.9 Å². The van der Waals surface area contributed by atoms with Crippen LogP contribution >= 0.6 is 0 Å². The van der Waals surface area contributed by atoms with Crippen LogP contribution in [0.5, 0.6) is 0 Å². The molecule has 20 heavy (non-hydrogen) atoms. The number of unbranched alkanes of at least 4 members (excludes halogenated alkanes) is 2. The molecular weight excluding hydrogens is 258 g/mol. The number of carbonyl (C=O) groups is 2. The van der Waals surface area contributed by atoms with E-state index in [2.05, 4.69) is 12.2 Å². The highest BCUT2D eigenvalue weighted by Gasteiger charge is 2.55. The average Bonchev–Trinajstić information content (AvgIpc) is 2.98. The molecule has 0 aromatic rings. The van der Waals surface area contributed by atoms with E-state index < -0.39 is 17.8 Å². The lowest BCUT2D eigenvalue weighted by Crippen LogP contribution is -2.46. The van der Waals surface area contributed by atoms with E-state index in [1.165, 1.54) is 0 Å². The molecule has 0 radical (unpaired) electrons. The number of nitrogens with one attached hydrogen (secondary N) is 1. The molecule has 2 bridgehead atoms. The third-order valence-electron chi connectivity index (χ3n) is 4.49. The van der Waals surface area contributed by atoms with Gasteiger partial charge in [0.2, 0.25) is 5.91 Å². The Morgan fingerprint density at radius 3 is 2.50 bits per heavy atom. The molecule has 2 saturated heterocycles. The number of amides is 1. The summed E-state index contributed by atoms with van der Waals surface area (Å²) in [4.78, 5) is 23.7. The molecule has 5 nitrogen and oxygen atoms in total. The highest BCUT2D eigenvalue weighted by atomic mass is 16.5. The Balaban J connectivity index is 1.89. The number of carboxylic acids is 1. The molecule has 0 unspecified atom stereocenters. The highest BCUT2D eigenvalue weighted by molar-refractivity contribution is 5.86. The summed E-state index contributed by atoms with van der Waals surface area (Å²) < 4.78 is 5.62. The van der Waals surface area contributed by atoms with Crippen molar-refractivity contribution in [1.29, 1.82) is 0 Å². The maximum atomic E-state index is 12.3. The number of hydrogen-bond acceptors (Lipinski definition) is 3. The van der Waals surface area contributed by atoms with E-state index in [9.17, 15) is 14.7 Å². The minimum absolute atomic E-state index is 0.0996. The van der Waals surface area contributed by atoms with Crippen LogP contribution in [0.1, 0.15) is 52.4 Å². The summed E-state index contributed by atoms with van der Waals surface area (Å²) in [6.45, 7) is 4.13. The van der Waals surface area contributed by atoms with Gasteiger partial charge in [0.05, 0.1) is 24.0 Å². The lowest BCUT2D eigenvalue weighted by atomic mass is 9.78. The fourth-order valence-corrected chi connectivity index (χ4v) is 3.44. The zero-order valence-electron chi connectivity index (χ0n) is 12.3. The van der Waals surface area contributed by atoms with Crippen molar-refractivity contribution in [1.82, 2.24) is 5.32 Å². The average molecular weight is 283 g/mol. The van der Waals surface area contributed by atoms with Gasteiger partial charge in [-0.3, -0.25) is 9.59 Å². The van der Waals surface area contributed by atoms with Crippen molar-refractivity contribution in [2.24, 2.45) is 11.8 Å². The zero-order chi connectivity index (χ0) is 14.7. The van der Waals surface area contributed by atoms with Crippen molar-refractivity contribution in [3.8, 4) is 0 Å². The second-order valence-electron chi connectivity index (χ2n) is 6.09. The second-order valence-corrected chi connectivity index (χ2v) is 6.09. The summed E-state index contributed by atoms with van der Waals surface area (Å²) in [5.74, 6) is -2.24. The number of carboxylic acid groups (broad SMARTS) is 1. The van der Waals surface area contributed by atoms with Crippen LogP contribution in [-0.4, -0.2) is 35.2 Å². The van der Waals surface area contributed by atoms with Crippen molar-refractivity contribution in [2.45, 2.75) is 70.6 Å². The number of ether oxygens (including phenoxy) is 1. The van der Waals surface area contributed by atoms with Crippen molar-refractivity contribution in [3.05, 3.63) is 0 Å². The van der Waals surface area contributed by atoms with Gasteiger partial charge in [0.1, 0.15) is 0 Å². The molecule has 0 saturated carbocycles. The molecule has 2 aliphatic rings. The number of aliphatic carboxylic acids is 1. The van der Waals surface area contributed by atoms with Crippen LogP contribution < -0.4 is 5.32 Å². The first-order chi connectivity index (χ1) is 9.54. The molecule has 1 amide bonds. The number of rotatable bonds is 7. The molecule has 114 valence electrons.